The number of fused-ring (bicyclic) bond motifs is 1. The molecule has 0 aliphatic carbocycles. The molecule has 0 aliphatic heterocycles. The van der Waals surface area contributed by atoms with Crippen LogP contribution >= 0.6 is 11.3 Å². The number of nitrogens with zero attached hydrogens (tertiary/aromatic N) is 3. The molecule has 0 spiro atoms. The first kappa shape index (κ1) is 13.4. The Morgan fingerprint density at radius 2 is 2.24 bits per heavy atom. The van der Waals surface area contributed by atoms with Crippen molar-refractivity contribution in [3.63, 3.8) is 0 Å². The molecule has 0 unspecified atom stereocenters. The van der Waals surface area contributed by atoms with E-state index in [4.69, 9.17) is 5.11 Å². The summed E-state index contributed by atoms with van der Waals surface area (Å²) in [7, 11) is 0. The second kappa shape index (κ2) is 5.10. The summed E-state index contributed by atoms with van der Waals surface area (Å²) in [5.74, 6) is -0.664. The number of carbonyl (C=O) groups is 1. The Labute approximate surface area is 123 Å². The summed E-state index contributed by atoms with van der Waals surface area (Å²) in [6.07, 6.45) is 1.63. The van der Waals surface area contributed by atoms with Crippen molar-refractivity contribution in [1.29, 1.82) is 0 Å². The smallest absolute Gasteiger partial charge is 0.337 e. The van der Waals surface area contributed by atoms with Gasteiger partial charge in [-0.3, -0.25) is 14.3 Å². The standard InChI is InChI=1S/C14H11N3O3S/c1-2-17-11(9-5-3-4-6-15-9)16-12-10(13(17)18)8(7-21-12)14(19)20/h3-7H,2H2,1H3,(H,19,20). The van der Waals surface area contributed by atoms with Gasteiger partial charge in [-0.2, -0.15) is 0 Å². The molecule has 0 aromatic carbocycles. The molecule has 7 heteroatoms. The number of pyridine rings is 1. The third-order valence-corrected chi connectivity index (χ3v) is 4.01. The highest BCUT2D eigenvalue weighted by molar-refractivity contribution is 7.17. The van der Waals surface area contributed by atoms with Crippen molar-refractivity contribution < 1.29 is 9.90 Å². The van der Waals surface area contributed by atoms with Crippen LogP contribution in [0.25, 0.3) is 21.7 Å². The van der Waals surface area contributed by atoms with Gasteiger partial charge in [0.25, 0.3) is 5.56 Å². The van der Waals surface area contributed by atoms with Crippen molar-refractivity contribution in [1.82, 2.24) is 14.5 Å². The number of rotatable bonds is 3. The van der Waals surface area contributed by atoms with Crippen molar-refractivity contribution in [3.8, 4) is 11.5 Å². The van der Waals surface area contributed by atoms with Crippen LogP contribution in [-0.2, 0) is 6.54 Å². The molecule has 21 heavy (non-hydrogen) atoms. The number of aromatic carboxylic acids is 1. The highest BCUT2D eigenvalue weighted by Crippen LogP contribution is 2.24. The topological polar surface area (TPSA) is 85.1 Å². The van der Waals surface area contributed by atoms with E-state index in [0.717, 1.165) is 11.3 Å². The molecule has 3 aromatic heterocycles. The van der Waals surface area contributed by atoms with E-state index >= 15 is 0 Å². The van der Waals surface area contributed by atoms with Gasteiger partial charge in [-0.05, 0) is 19.1 Å². The Morgan fingerprint density at radius 3 is 2.86 bits per heavy atom. The minimum atomic E-state index is -1.12. The lowest BCUT2D eigenvalue weighted by molar-refractivity contribution is 0.0699. The molecule has 0 saturated heterocycles. The number of hydrogen-bond acceptors (Lipinski definition) is 5. The minimum Gasteiger partial charge on any atom is -0.478 e. The predicted octanol–water partition coefficient (Wildman–Crippen LogP) is 2.24. The summed E-state index contributed by atoms with van der Waals surface area (Å²) in [6.45, 7) is 2.21. The molecule has 0 aliphatic rings. The molecule has 6 nitrogen and oxygen atoms in total. The van der Waals surface area contributed by atoms with Gasteiger partial charge in [0, 0.05) is 18.1 Å². The average molecular weight is 301 g/mol. The quantitative estimate of drug-likeness (QED) is 0.802. The molecule has 106 valence electrons. The van der Waals surface area contributed by atoms with Gasteiger partial charge in [0.05, 0.1) is 10.9 Å². The molecule has 3 aromatic rings. The fourth-order valence-electron chi connectivity index (χ4n) is 2.17. The van der Waals surface area contributed by atoms with Gasteiger partial charge in [0.1, 0.15) is 10.5 Å². The molecular weight excluding hydrogens is 290 g/mol. The predicted molar refractivity (Wildman–Crippen MR) is 79.7 cm³/mol. The Kier molecular flexibility index (Phi) is 3.26. The van der Waals surface area contributed by atoms with Gasteiger partial charge in [0.2, 0.25) is 0 Å². The summed E-state index contributed by atoms with van der Waals surface area (Å²) in [6, 6.07) is 5.37. The number of carboxylic acids is 1. The maximum absolute atomic E-state index is 12.6. The van der Waals surface area contributed by atoms with E-state index in [1.54, 1.807) is 18.3 Å². The van der Waals surface area contributed by atoms with E-state index in [-0.39, 0.29) is 16.5 Å². The Bertz CT molecular complexity index is 884. The molecule has 3 heterocycles. The first-order valence-corrected chi connectivity index (χ1v) is 7.18. The second-order valence-electron chi connectivity index (χ2n) is 4.33. The Hall–Kier alpha value is -2.54. The van der Waals surface area contributed by atoms with Crippen LogP contribution < -0.4 is 5.56 Å². The summed E-state index contributed by atoms with van der Waals surface area (Å²) >= 11 is 1.15. The highest BCUT2D eigenvalue weighted by atomic mass is 32.1. The van der Waals surface area contributed by atoms with Crippen molar-refractivity contribution in [2.24, 2.45) is 0 Å². The van der Waals surface area contributed by atoms with E-state index in [1.807, 2.05) is 13.0 Å². The summed E-state index contributed by atoms with van der Waals surface area (Å²) in [4.78, 5) is 32.8. The largest absolute Gasteiger partial charge is 0.478 e. The SMILES string of the molecule is CCn1c(-c2ccccn2)nc2scc(C(=O)O)c2c1=O. The van der Waals surface area contributed by atoms with Crippen LogP contribution in [-0.4, -0.2) is 25.6 Å². The number of carboxylic acid groups (broad SMARTS) is 1. The van der Waals surface area contributed by atoms with Crippen molar-refractivity contribution >= 4 is 27.5 Å². The maximum atomic E-state index is 12.6. The zero-order valence-corrected chi connectivity index (χ0v) is 11.9. The van der Waals surface area contributed by atoms with Gasteiger partial charge < -0.3 is 5.11 Å². The van der Waals surface area contributed by atoms with E-state index in [1.165, 1.54) is 9.95 Å². The molecule has 0 saturated carbocycles. The lowest BCUT2D eigenvalue weighted by atomic mass is 10.2. The summed E-state index contributed by atoms with van der Waals surface area (Å²) in [5, 5.41) is 10.8. The van der Waals surface area contributed by atoms with Crippen LogP contribution in [0.5, 0.6) is 0 Å². The van der Waals surface area contributed by atoms with E-state index in [2.05, 4.69) is 9.97 Å². The fraction of sp³-hybridized carbons (Fsp3) is 0.143. The Morgan fingerprint density at radius 1 is 1.43 bits per heavy atom. The normalized spacial score (nSPS) is 10.9. The molecule has 0 fully saturated rings. The van der Waals surface area contributed by atoms with Crippen molar-refractivity contribution in [2.45, 2.75) is 13.5 Å². The third kappa shape index (κ3) is 2.11. The fourth-order valence-corrected chi connectivity index (χ4v) is 3.07. The monoisotopic (exact) mass is 301 g/mol. The number of hydrogen-bond donors (Lipinski definition) is 1. The molecule has 3 rings (SSSR count). The molecule has 0 amide bonds. The number of thiophene rings is 1. The van der Waals surface area contributed by atoms with Gasteiger partial charge in [-0.25, -0.2) is 9.78 Å². The summed E-state index contributed by atoms with van der Waals surface area (Å²) in [5.41, 5.74) is 0.243. The van der Waals surface area contributed by atoms with Crippen LogP contribution in [0.1, 0.15) is 17.3 Å². The van der Waals surface area contributed by atoms with Crippen LogP contribution in [0, 0.1) is 0 Å². The lowest BCUT2D eigenvalue weighted by Crippen LogP contribution is -2.23. The molecule has 1 N–H and O–H groups in total. The van der Waals surface area contributed by atoms with E-state index in [0.29, 0.717) is 22.9 Å². The van der Waals surface area contributed by atoms with Gasteiger partial charge in [0.15, 0.2) is 5.82 Å². The lowest BCUT2D eigenvalue weighted by Gasteiger charge is -2.09. The Balaban J connectivity index is 2.39. The summed E-state index contributed by atoms with van der Waals surface area (Å²) < 4.78 is 1.45. The first-order chi connectivity index (χ1) is 10.1. The van der Waals surface area contributed by atoms with Gasteiger partial charge in [-0.1, -0.05) is 6.07 Å². The molecule has 0 radical (unpaired) electrons. The minimum absolute atomic E-state index is 0.00210. The second-order valence-corrected chi connectivity index (χ2v) is 5.19. The van der Waals surface area contributed by atoms with Gasteiger partial charge in [-0.15, -0.1) is 11.3 Å². The van der Waals surface area contributed by atoms with Crippen LogP contribution in [0.4, 0.5) is 0 Å². The zero-order valence-electron chi connectivity index (χ0n) is 11.1. The average Bonchev–Trinajstić information content (AvgIpc) is 2.92. The van der Waals surface area contributed by atoms with E-state index < -0.39 is 5.97 Å². The maximum Gasteiger partial charge on any atom is 0.337 e. The zero-order chi connectivity index (χ0) is 15.0. The van der Waals surface area contributed by atoms with Crippen LogP contribution in [0.15, 0.2) is 34.6 Å². The molecule has 0 atom stereocenters. The van der Waals surface area contributed by atoms with Gasteiger partial charge >= 0.3 is 5.97 Å². The molecule has 0 bridgehead atoms. The van der Waals surface area contributed by atoms with E-state index in [9.17, 15) is 9.59 Å². The first-order valence-electron chi connectivity index (χ1n) is 6.30. The van der Waals surface area contributed by atoms with Crippen LogP contribution in [0.2, 0.25) is 0 Å². The van der Waals surface area contributed by atoms with Crippen molar-refractivity contribution in [3.05, 3.63) is 45.7 Å². The third-order valence-electron chi connectivity index (χ3n) is 3.13. The van der Waals surface area contributed by atoms with Crippen molar-refractivity contribution in [2.75, 3.05) is 0 Å². The molecular formula is C14H11N3O3S. The van der Waals surface area contributed by atoms with Crippen LogP contribution in [0.3, 0.4) is 0 Å². The highest BCUT2D eigenvalue weighted by Gasteiger charge is 2.19. The number of aromatic nitrogens is 3.